The van der Waals surface area contributed by atoms with E-state index in [0.717, 1.165) is 5.56 Å². The lowest BCUT2D eigenvalue weighted by molar-refractivity contribution is 0.287. The lowest BCUT2D eigenvalue weighted by Gasteiger charge is -2.10. The Kier molecular flexibility index (Phi) is 4.15. The van der Waals surface area contributed by atoms with Gasteiger partial charge >= 0.3 is 0 Å². The molecule has 0 atom stereocenters. The van der Waals surface area contributed by atoms with E-state index >= 15 is 0 Å². The van der Waals surface area contributed by atoms with E-state index in [9.17, 15) is 4.79 Å². The molecule has 3 rings (SSSR count). The Hall–Kier alpha value is -3.08. The average Bonchev–Trinajstić information content (AvgIpc) is 2.57. The summed E-state index contributed by atoms with van der Waals surface area (Å²) in [6.45, 7) is 0.397. The van der Waals surface area contributed by atoms with Gasteiger partial charge in [-0.2, -0.15) is 0 Å². The van der Waals surface area contributed by atoms with Crippen LogP contribution >= 0.6 is 0 Å². The Balaban J connectivity index is 1.78. The predicted octanol–water partition coefficient (Wildman–Crippen LogP) is 3.14. The van der Waals surface area contributed by atoms with Gasteiger partial charge in [-0.05, 0) is 29.8 Å². The van der Waals surface area contributed by atoms with Crippen molar-refractivity contribution in [3.8, 4) is 17.4 Å². The predicted molar refractivity (Wildman–Crippen MR) is 82.1 cm³/mol. The van der Waals surface area contributed by atoms with Crippen molar-refractivity contribution in [2.45, 2.75) is 6.61 Å². The van der Waals surface area contributed by atoms with Gasteiger partial charge in [0.15, 0.2) is 11.5 Å². The van der Waals surface area contributed by atoms with Gasteiger partial charge in [0.25, 0.3) is 11.4 Å². The third kappa shape index (κ3) is 3.32. The summed E-state index contributed by atoms with van der Waals surface area (Å²) >= 11 is 0. The molecule has 0 fully saturated rings. The summed E-state index contributed by atoms with van der Waals surface area (Å²) in [5, 5.41) is 0. The van der Waals surface area contributed by atoms with Gasteiger partial charge in [-0.1, -0.05) is 30.3 Å². The summed E-state index contributed by atoms with van der Waals surface area (Å²) in [5.41, 5.74) is 0.719. The number of hydrogen-bond acceptors (Lipinski definition) is 4. The standard InChI is InChI=1S/C17H14N2O3/c20-16-14(8-4-10-18-16)22-17-15(9-5-11-19-17)21-12-13-6-2-1-3-7-13/h1-11H,12H2,(H,18,20). The van der Waals surface area contributed by atoms with Gasteiger partial charge < -0.3 is 14.5 Å². The van der Waals surface area contributed by atoms with E-state index in [2.05, 4.69) is 9.97 Å². The average molecular weight is 294 g/mol. The van der Waals surface area contributed by atoms with Crippen LogP contribution < -0.4 is 15.0 Å². The van der Waals surface area contributed by atoms with Crippen LogP contribution in [0.3, 0.4) is 0 Å². The fourth-order valence-electron chi connectivity index (χ4n) is 1.89. The van der Waals surface area contributed by atoms with Crippen molar-refractivity contribution >= 4 is 0 Å². The molecule has 0 unspecified atom stereocenters. The number of aromatic nitrogens is 2. The van der Waals surface area contributed by atoms with Gasteiger partial charge in [-0.25, -0.2) is 4.98 Å². The van der Waals surface area contributed by atoms with Gasteiger partial charge in [-0.15, -0.1) is 0 Å². The first-order chi connectivity index (χ1) is 10.8. The maximum atomic E-state index is 11.7. The summed E-state index contributed by atoms with van der Waals surface area (Å²) in [7, 11) is 0. The van der Waals surface area contributed by atoms with E-state index < -0.39 is 0 Å². The number of H-pyrrole nitrogens is 1. The van der Waals surface area contributed by atoms with Crippen molar-refractivity contribution in [3.63, 3.8) is 0 Å². The topological polar surface area (TPSA) is 64.2 Å². The molecule has 0 aliphatic heterocycles. The Morgan fingerprint density at radius 2 is 1.77 bits per heavy atom. The molecule has 110 valence electrons. The molecule has 2 heterocycles. The van der Waals surface area contributed by atoms with Crippen LogP contribution in [0, 0.1) is 0 Å². The molecular formula is C17H14N2O3. The van der Waals surface area contributed by atoms with Crippen LogP contribution in [0.25, 0.3) is 0 Å². The van der Waals surface area contributed by atoms with Crippen molar-refractivity contribution in [2.24, 2.45) is 0 Å². The van der Waals surface area contributed by atoms with Gasteiger partial charge in [0.1, 0.15) is 6.61 Å². The van der Waals surface area contributed by atoms with Crippen LogP contribution in [-0.2, 0) is 6.61 Å². The number of aromatic amines is 1. The number of nitrogens with one attached hydrogen (secondary N) is 1. The zero-order chi connectivity index (χ0) is 15.2. The fourth-order valence-corrected chi connectivity index (χ4v) is 1.89. The quantitative estimate of drug-likeness (QED) is 0.785. The first-order valence-electron chi connectivity index (χ1n) is 6.80. The molecule has 5 heteroatoms. The number of pyridine rings is 2. The molecule has 3 aromatic rings. The Bertz CT molecular complexity index is 800. The van der Waals surface area contributed by atoms with Gasteiger partial charge in [0.2, 0.25) is 0 Å². The first-order valence-corrected chi connectivity index (χ1v) is 6.80. The maximum absolute atomic E-state index is 11.7. The highest BCUT2D eigenvalue weighted by Gasteiger charge is 2.09. The lowest BCUT2D eigenvalue weighted by atomic mass is 10.2. The Morgan fingerprint density at radius 1 is 0.955 bits per heavy atom. The van der Waals surface area contributed by atoms with E-state index in [1.165, 1.54) is 0 Å². The number of hydrogen-bond donors (Lipinski definition) is 1. The highest BCUT2D eigenvalue weighted by atomic mass is 16.5. The molecule has 22 heavy (non-hydrogen) atoms. The minimum Gasteiger partial charge on any atom is -0.483 e. The lowest BCUT2D eigenvalue weighted by Crippen LogP contribution is -2.08. The normalized spacial score (nSPS) is 10.2. The molecule has 1 N–H and O–H groups in total. The second kappa shape index (κ2) is 6.58. The molecule has 5 nitrogen and oxygen atoms in total. The molecule has 0 spiro atoms. The molecule has 0 amide bonds. The Morgan fingerprint density at radius 3 is 2.59 bits per heavy atom. The SMILES string of the molecule is O=c1[nH]cccc1Oc1ncccc1OCc1ccccc1. The van der Waals surface area contributed by atoms with E-state index in [1.807, 2.05) is 30.3 Å². The maximum Gasteiger partial charge on any atom is 0.290 e. The number of rotatable bonds is 5. The van der Waals surface area contributed by atoms with Gasteiger partial charge in [0.05, 0.1) is 0 Å². The monoisotopic (exact) mass is 294 g/mol. The van der Waals surface area contributed by atoms with Crippen molar-refractivity contribution < 1.29 is 9.47 Å². The largest absolute Gasteiger partial charge is 0.483 e. The smallest absolute Gasteiger partial charge is 0.290 e. The minimum atomic E-state index is -0.317. The third-order valence-corrected chi connectivity index (χ3v) is 2.96. The number of nitrogens with zero attached hydrogens (tertiary/aromatic N) is 1. The van der Waals surface area contributed by atoms with Crippen LogP contribution in [0.2, 0.25) is 0 Å². The Labute approximate surface area is 127 Å². The van der Waals surface area contributed by atoms with E-state index in [-0.39, 0.29) is 17.2 Å². The highest BCUT2D eigenvalue weighted by Crippen LogP contribution is 2.27. The third-order valence-electron chi connectivity index (χ3n) is 2.96. The van der Waals surface area contributed by atoms with Gasteiger partial charge in [-0.3, -0.25) is 4.79 Å². The van der Waals surface area contributed by atoms with Crippen LogP contribution in [0.1, 0.15) is 5.56 Å². The molecular weight excluding hydrogens is 280 g/mol. The van der Waals surface area contributed by atoms with Crippen LogP contribution in [-0.4, -0.2) is 9.97 Å². The molecule has 2 aromatic heterocycles. The summed E-state index contributed by atoms with van der Waals surface area (Å²) < 4.78 is 11.3. The van der Waals surface area contributed by atoms with Crippen molar-refractivity contribution in [3.05, 3.63) is 82.9 Å². The first kappa shape index (κ1) is 13.9. The zero-order valence-electron chi connectivity index (χ0n) is 11.7. The minimum absolute atomic E-state index is 0.172. The second-order valence-electron chi connectivity index (χ2n) is 4.55. The van der Waals surface area contributed by atoms with Crippen molar-refractivity contribution in [1.82, 2.24) is 9.97 Å². The summed E-state index contributed by atoms with van der Waals surface area (Å²) in [4.78, 5) is 18.3. The van der Waals surface area contributed by atoms with Crippen molar-refractivity contribution in [2.75, 3.05) is 0 Å². The molecule has 0 radical (unpaired) electrons. The van der Waals surface area contributed by atoms with E-state index in [0.29, 0.717) is 12.4 Å². The van der Waals surface area contributed by atoms with Crippen LogP contribution in [0.4, 0.5) is 0 Å². The molecule has 0 aliphatic carbocycles. The number of benzene rings is 1. The molecule has 1 aromatic carbocycles. The molecule has 0 saturated heterocycles. The zero-order valence-corrected chi connectivity index (χ0v) is 11.7. The summed E-state index contributed by atoms with van der Waals surface area (Å²) in [6, 6.07) is 16.6. The van der Waals surface area contributed by atoms with Crippen molar-refractivity contribution in [1.29, 1.82) is 0 Å². The fraction of sp³-hybridized carbons (Fsp3) is 0.0588. The molecule has 0 saturated carbocycles. The van der Waals surface area contributed by atoms with Gasteiger partial charge in [0, 0.05) is 12.4 Å². The van der Waals surface area contributed by atoms with Crippen LogP contribution in [0.15, 0.2) is 71.8 Å². The second-order valence-corrected chi connectivity index (χ2v) is 4.55. The summed E-state index contributed by atoms with van der Waals surface area (Å²) in [5.74, 6) is 0.912. The summed E-state index contributed by atoms with van der Waals surface area (Å²) in [6.07, 6.45) is 3.13. The van der Waals surface area contributed by atoms with Crippen LogP contribution in [0.5, 0.6) is 17.4 Å². The number of ether oxygens (including phenoxy) is 2. The highest BCUT2D eigenvalue weighted by molar-refractivity contribution is 5.36. The molecule has 0 aliphatic rings. The van der Waals surface area contributed by atoms with E-state index in [1.54, 1.807) is 36.7 Å². The molecule has 0 bridgehead atoms. The van der Waals surface area contributed by atoms with E-state index in [4.69, 9.17) is 9.47 Å².